The van der Waals surface area contributed by atoms with Gasteiger partial charge < -0.3 is 15.0 Å². The first kappa shape index (κ1) is 24.4. The van der Waals surface area contributed by atoms with Gasteiger partial charge in [-0.05, 0) is 65.5 Å². The molecule has 4 rings (SSSR count). The third-order valence-corrected chi connectivity index (χ3v) is 6.55. The minimum atomic E-state index is -4.72. The van der Waals surface area contributed by atoms with Crippen molar-refractivity contribution in [2.45, 2.75) is 88.8 Å². The molecule has 7 nitrogen and oxygen atoms in total. The van der Waals surface area contributed by atoms with Crippen molar-refractivity contribution in [3.63, 3.8) is 0 Å². The molecule has 3 aliphatic rings. The number of amidine groups is 1. The van der Waals surface area contributed by atoms with Gasteiger partial charge >= 0.3 is 12.3 Å². The van der Waals surface area contributed by atoms with Gasteiger partial charge in [0.05, 0.1) is 5.69 Å². The third kappa shape index (κ3) is 4.36. The smallest absolute Gasteiger partial charge is 0.433 e. The first-order valence-corrected chi connectivity index (χ1v) is 11.3. The molecule has 2 fully saturated rings. The lowest BCUT2D eigenvalue weighted by Crippen LogP contribution is -2.55. The molecule has 1 aromatic rings. The average Bonchev–Trinajstić information content (AvgIpc) is 2.99. The van der Waals surface area contributed by atoms with Crippen molar-refractivity contribution in [2.24, 2.45) is 4.99 Å². The third-order valence-electron chi connectivity index (χ3n) is 6.55. The van der Waals surface area contributed by atoms with Crippen LogP contribution in [0.25, 0.3) is 0 Å². The molecule has 34 heavy (non-hydrogen) atoms. The van der Waals surface area contributed by atoms with Gasteiger partial charge in [0.25, 0.3) is 5.91 Å². The first-order valence-electron chi connectivity index (χ1n) is 11.3. The fourth-order valence-electron chi connectivity index (χ4n) is 4.64. The van der Waals surface area contributed by atoms with Crippen molar-refractivity contribution in [3.05, 3.63) is 29.1 Å². The van der Waals surface area contributed by atoms with Gasteiger partial charge in [0, 0.05) is 24.6 Å². The van der Waals surface area contributed by atoms with Gasteiger partial charge in [-0.1, -0.05) is 0 Å². The Morgan fingerprint density at radius 2 is 1.88 bits per heavy atom. The highest BCUT2D eigenvalue weighted by Crippen LogP contribution is 2.47. The van der Waals surface area contributed by atoms with Crippen molar-refractivity contribution >= 4 is 17.8 Å². The molecule has 186 valence electrons. The van der Waals surface area contributed by atoms with Crippen LogP contribution in [0.15, 0.2) is 17.1 Å². The van der Waals surface area contributed by atoms with Gasteiger partial charge in [-0.3, -0.25) is 9.79 Å². The van der Waals surface area contributed by atoms with Crippen LogP contribution >= 0.6 is 0 Å². The number of pyridine rings is 1. The molecule has 1 spiro atoms. The Kier molecular flexibility index (Phi) is 5.68. The van der Waals surface area contributed by atoms with E-state index in [1.165, 1.54) is 4.90 Å². The Labute approximate surface area is 195 Å². The van der Waals surface area contributed by atoms with Crippen molar-refractivity contribution in [1.82, 2.24) is 15.2 Å². The number of likely N-dealkylation sites (tertiary alicyclic amines) is 1. The summed E-state index contributed by atoms with van der Waals surface area (Å²) in [4.78, 5) is 35.3. The molecular formula is C23H28F4N4O3. The number of amides is 2. The Morgan fingerprint density at radius 3 is 2.41 bits per heavy atom. The van der Waals surface area contributed by atoms with Crippen molar-refractivity contribution in [1.29, 1.82) is 0 Å². The highest BCUT2D eigenvalue weighted by Gasteiger charge is 2.51. The SMILES string of the molecule is C[C@H]1C[C@@]2(CCN1C(=O)OC(C)(C)C)N=C(c1ccc(C(F)(F)F)nc1C1(F)CCC1)NC2=O. The molecule has 2 amide bonds. The standard InChI is InChI=1S/C23H28F4N4O3/c1-13-12-22(10-11-31(13)19(33)34-20(2,3)4)18(32)29-17(30-22)14-6-7-15(23(25,26)27)28-16(14)21(24)8-5-9-21/h6-7,13H,5,8-12H2,1-4H3,(H,29,30,32)/t13-,22+/m0/s1. The van der Waals surface area contributed by atoms with E-state index in [1.807, 2.05) is 0 Å². The minimum Gasteiger partial charge on any atom is -0.444 e. The lowest BCUT2D eigenvalue weighted by Gasteiger charge is -2.40. The highest BCUT2D eigenvalue weighted by atomic mass is 19.4. The second-order valence-electron chi connectivity index (χ2n) is 10.3. The van der Waals surface area contributed by atoms with E-state index >= 15 is 4.39 Å². The molecule has 0 bridgehead atoms. The fourth-order valence-corrected chi connectivity index (χ4v) is 4.64. The topological polar surface area (TPSA) is 83.9 Å². The zero-order valence-corrected chi connectivity index (χ0v) is 19.6. The number of piperidine rings is 1. The van der Waals surface area contributed by atoms with E-state index in [2.05, 4.69) is 15.3 Å². The maximum absolute atomic E-state index is 15.3. The van der Waals surface area contributed by atoms with Crippen molar-refractivity contribution in [3.8, 4) is 0 Å². The van der Waals surface area contributed by atoms with Crippen LogP contribution in [-0.4, -0.2) is 51.4 Å². The van der Waals surface area contributed by atoms with E-state index in [0.29, 0.717) is 6.42 Å². The molecule has 2 aliphatic heterocycles. The quantitative estimate of drug-likeness (QED) is 0.628. The Bertz CT molecular complexity index is 1050. The van der Waals surface area contributed by atoms with Crippen LogP contribution in [0.2, 0.25) is 0 Å². The predicted molar refractivity (Wildman–Crippen MR) is 115 cm³/mol. The zero-order chi connectivity index (χ0) is 25.1. The molecule has 1 saturated heterocycles. The molecule has 11 heteroatoms. The molecule has 1 N–H and O–H groups in total. The van der Waals surface area contributed by atoms with Gasteiger partial charge in [-0.15, -0.1) is 0 Å². The fraction of sp³-hybridized carbons (Fsp3) is 0.652. The van der Waals surface area contributed by atoms with Gasteiger partial charge in [0.2, 0.25) is 0 Å². The average molecular weight is 484 g/mol. The monoisotopic (exact) mass is 484 g/mol. The molecule has 2 atom stereocenters. The van der Waals surface area contributed by atoms with Gasteiger partial charge in [-0.25, -0.2) is 14.2 Å². The van der Waals surface area contributed by atoms with Crippen molar-refractivity contribution < 1.29 is 31.9 Å². The van der Waals surface area contributed by atoms with Crippen LogP contribution in [0, 0.1) is 0 Å². The summed E-state index contributed by atoms with van der Waals surface area (Å²) in [6, 6.07) is 1.53. The van der Waals surface area contributed by atoms with Gasteiger partial charge in [0.1, 0.15) is 22.7 Å². The van der Waals surface area contributed by atoms with Crippen LogP contribution in [0.3, 0.4) is 0 Å². The number of halogens is 4. The summed E-state index contributed by atoms with van der Waals surface area (Å²) in [7, 11) is 0. The number of alkyl halides is 4. The number of carbonyl (C=O) groups is 2. The number of carbonyl (C=O) groups excluding carboxylic acids is 2. The Hall–Kier alpha value is -2.72. The van der Waals surface area contributed by atoms with E-state index < -0.39 is 40.7 Å². The second kappa shape index (κ2) is 7.91. The van der Waals surface area contributed by atoms with E-state index in [-0.39, 0.29) is 55.4 Å². The number of hydrogen-bond acceptors (Lipinski definition) is 5. The number of hydrogen-bond donors (Lipinski definition) is 1. The number of aliphatic imine (C=N–C) groups is 1. The van der Waals surface area contributed by atoms with Crippen LogP contribution in [0.5, 0.6) is 0 Å². The second-order valence-corrected chi connectivity index (χ2v) is 10.3. The lowest BCUT2D eigenvalue weighted by molar-refractivity contribution is -0.141. The summed E-state index contributed by atoms with van der Waals surface area (Å²) in [6.07, 6.45) is -4.16. The van der Waals surface area contributed by atoms with Gasteiger partial charge in [-0.2, -0.15) is 13.2 Å². The summed E-state index contributed by atoms with van der Waals surface area (Å²) in [5, 5.41) is 2.64. The summed E-state index contributed by atoms with van der Waals surface area (Å²) in [5.74, 6) is -0.409. The molecule has 1 aliphatic carbocycles. The predicted octanol–water partition coefficient (Wildman–Crippen LogP) is 4.48. The Morgan fingerprint density at radius 1 is 1.21 bits per heavy atom. The summed E-state index contributed by atoms with van der Waals surface area (Å²) in [6.45, 7) is 7.28. The molecule has 1 saturated carbocycles. The largest absolute Gasteiger partial charge is 0.444 e. The number of nitrogens with one attached hydrogen (secondary N) is 1. The molecule has 0 radical (unpaired) electrons. The molecular weight excluding hydrogens is 456 g/mol. The molecule has 1 aromatic heterocycles. The molecule has 0 aromatic carbocycles. The zero-order valence-electron chi connectivity index (χ0n) is 19.6. The maximum Gasteiger partial charge on any atom is 0.433 e. The normalized spacial score (nSPS) is 26.7. The Balaban J connectivity index is 1.64. The van der Waals surface area contributed by atoms with Crippen LogP contribution < -0.4 is 5.32 Å². The summed E-state index contributed by atoms with van der Waals surface area (Å²) < 4.78 is 60.5. The number of aromatic nitrogens is 1. The van der Waals surface area contributed by atoms with Crippen LogP contribution in [0.1, 0.15) is 76.8 Å². The van der Waals surface area contributed by atoms with E-state index in [0.717, 1.165) is 12.1 Å². The number of rotatable bonds is 2. The lowest BCUT2D eigenvalue weighted by atomic mass is 9.77. The van der Waals surface area contributed by atoms with Crippen molar-refractivity contribution in [2.75, 3.05) is 6.54 Å². The number of ether oxygens (including phenoxy) is 1. The van der Waals surface area contributed by atoms with E-state index in [4.69, 9.17) is 4.74 Å². The first-order chi connectivity index (χ1) is 15.6. The molecule has 0 unspecified atom stereocenters. The van der Waals surface area contributed by atoms with E-state index in [9.17, 15) is 22.8 Å². The summed E-state index contributed by atoms with van der Waals surface area (Å²) >= 11 is 0. The highest BCUT2D eigenvalue weighted by molar-refractivity contribution is 6.16. The molecule has 3 heterocycles. The maximum atomic E-state index is 15.3. The van der Waals surface area contributed by atoms with Crippen LogP contribution in [0.4, 0.5) is 22.4 Å². The van der Waals surface area contributed by atoms with Gasteiger partial charge in [0.15, 0.2) is 5.67 Å². The van der Waals surface area contributed by atoms with E-state index in [1.54, 1.807) is 27.7 Å². The minimum absolute atomic E-state index is 0.0167. The van der Waals surface area contributed by atoms with Crippen LogP contribution in [-0.2, 0) is 21.4 Å². The number of nitrogens with zero attached hydrogens (tertiary/aromatic N) is 3. The summed E-state index contributed by atoms with van der Waals surface area (Å²) in [5.41, 5.74) is -5.33.